The van der Waals surface area contributed by atoms with Crippen LogP contribution in [0.15, 0.2) is 17.0 Å². The lowest BCUT2D eigenvalue weighted by molar-refractivity contribution is 0.111. The molecule has 0 aliphatic heterocycles. The average molecular weight is 240 g/mol. The fourth-order valence-corrected chi connectivity index (χ4v) is 2.27. The molecular formula is C12H16O3S. The topological polar surface area (TPSA) is 35.5 Å². The molecule has 4 heteroatoms. The van der Waals surface area contributed by atoms with E-state index >= 15 is 0 Å². The molecular weight excluding hydrogens is 224 g/mol. The molecule has 0 radical (unpaired) electrons. The Morgan fingerprint density at radius 2 is 1.69 bits per heavy atom. The molecule has 16 heavy (non-hydrogen) atoms. The van der Waals surface area contributed by atoms with E-state index in [0.29, 0.717) is 22.3 Å². The second kappa shape index (κ2) is 5.80. The zero-order chi connectivity index (χ0) is 12.1. The summed E-state index contributed by atoms with van der Waals surface area (Å²) in [5, 5.41) is 0.469. The number of hydrogen-bond acceptors (Lipinski definition) is 4. The maximum atomic E-state index is 10.9. The van der Waals surface area contributed by atoms with Gasteiger partial charge in [0, 0.05) is 10.1 Å². The van der Waals surface area contributed by atoms with E-state index in [2.05, 4.69) is 13.8 Å². The predicted molar refractivity (Wildman–Crippen MR) is 65.9 cm³/mol. The summed E-state index contributed by atoms with van der Waals surface area (Å²) >= 11 is 1.70. The van der Waals surface area contributed by atoms with Gasteiger partial charge in [-0.2, -0.15) is 0 Å². The van der Waals surface area contributed by atoms with Crippen molar-refractivity contribution in [1.82, 2.24) is 0 Å². The minimum Gasteiger partial charge on any atom is -0.496 e. The fraction of sp³-hybridized carbons (Fsp3) is 0.417. The molecule has 1 aromatic rings. The highest BCUT2D eigenvalue weighted by molar-refractivity contribution is 7.99. The first-order chi connectivity index (χ1) is 7.62. The molecule has 0 saturated carbocycles. The number of benzene rings is 1. The minimum atomic E-state index is 0.457. The molecule has 0 N–H and O–H groups in total. The Morgan fingerprint density at radius 1 is 1.19 bits per heavy atom. The highest BCUT2D eigenvalue weighted by Crippen LogP contribution is 2.34. The second-order valence-electron chi connectivity index (χ2n) is 3.53. The molecule has 0 saturated heterocycles. The number of carbonyl (C=O) groups is 1. The smallest absolute Gasteiger partial charge is 0.157 e. The lowest BCUT2D eigenvalue weighted by atomic mass is 10.2. The van der Waals surface area contributed by atoms with Crippen LogP contribution in [0.25, 0.3) is 0 Å². The lowest BCUT2D eigenvalue weighted by Gasteiger charge is -2.12. The Bertz CT molecular complexity index is 350. The largest absolute Gasteiger partial charge is 0.496 e. The Balaban J connectivity index is 3.20. The van der Waals surface area contributed by atoms with Gasteiger partial charge in [-0.1, -0.05) is 13.8 Å². The molecule has 1 aromatic carbocycles. The zero-order valence-corrected chi connectivity index (χ0v) is 10.8. The average Bonchev–Trinajstić information content (AvgIpc) is 2.26. The predicted octanol–water partition coefficient (Wildman–Crippen LogP) is 3.02. The van der Waals surface area contributed by atoms with Gasteiger partial charge >= 0.3 is 0 Å². The van der Waals surface area contributed by atoms with Gasteiger partial charge in [0.05, 0.1) is 19.8 Å². The first kappa shape index (κ1) is 12.9. The van der Waals surface area contributed by atoms with E-state index in [1.54, 1.807) is 26.0 Å². The van der Waals surface area contributed by atoms with Crippen LogP contribution in [-0.4, -0.2) is 25.8 Å². The number of ether oxygens (including phenoxy) is 2. The second-order valence-corrected chi connectivity index (χ2v) is 5.18. The van der Waals surface area contributed by atoms with Gasteiger partial charge in [0.1, 0.15) is 11.5 Å². The molecule has 0 amide bonds. The number of thioether (sulfide) groups is 1. The normalized spacial score (nSPS) is 10.3. The van der Waals surface area contributed by atoms with E-state index in [0.717, 1.165) is 11.2 Å². The molecule has 0 unspecified atom stereocenters. The molecule has 0 aromatic heterocycles. The van der Waals surface area contributed by atoms with Crippen LogP contribution in [0.3, 0.4) is 0 Å². The summed E-state index contributed by atoms with van der Waals surface area (Å²) in [5.74, 6) is 1.11. The summed E-state index contributed by atoms with van der Waals surface area (Å²) in [6.07, 6.45) is 0.751. The first-order valence-corrected chi connectivity index (χ1v) is 5.88. The van der Waals surface area contributed by atoms with E-state index < -0.39 is 0 Å². The Labute approximate surface area is 100 Å². The summed E-state index contributed by atoms with van der Waals surface area (Å²) in [5.41, 5.74) is 0.457. The van der Waals surface area contributed by atoms with Crippen molar-refractivity contribution >= 4 is 18.0 Å². The maximum Gasteiger partial charge on any atom is 0.157 e. The van der Waals surface area contributed by atoms with Crippen molar-refractivity contribution in [3.05, 3.63) is 17.7 Å². The minimum absolute atomic E-state index is 0.457. The molecule has 0 atom stereocenters. The lowest BCUT2D eigenvalue weighted by Crippen LogP contribution is -1.97. The van der Waals surface area contributed by atoms with Crippen LogP contribution < -0.4 is 9.47 Å². The summed E-state index contributed by atoms with van der Waals surface area (Å²) in [6, 6.07) is 3.72. The van der Waals surface area contributed by atoms with Crippen LogP contribution in [0.5, 0.6) is 11.5 Å². The van der Waals surface area contributed by atoms with Crippen molar-refractivity contribution in [2.45, 2.75) is 24.0 Å². The SMILES string of the molecule is COc1cc(SC(C)C)cc(OC)c1C=O. The first-order valence-electron chi connectivity index (χ1n) is 5.00. The third-order valence-corrected chi connectivity index (χ3v) is 2.99. The van der Waals surface area contributed by atoms with Gasteiger partial charge in [-0.05, 0) is 12.1 Å². The van der Waals surface area contributed by atoms with E-state index in [9.17, 15) is 4.79 Å². The van der Waals surface area contributed by atoms with Crippen LogP contribution >= 0.6 is 11.8 Å². The highest BCUT2D eigenvalue weighted by atomic mass is 32.2. The molecule has 0 spiro atoms. The quantitative estimate of drug-likeness (QED) is 0.585. The monoisotopic (exact) mass is 240 g/mol. The van der Waals surface area contributed by atoms with Gasteiger partial charge in [0.2, 0.25) is 0 Å². The van der Waals surface area contributed by atoms with Crippen molar-refractivity contribution in [3.8, 4) is 11.5 Å². The molecule has 88 valence electrons. The van der Waals surface area contributed by atoms with Crippen LogP contribution in [-0.2, 0) is 0 Å². The van der Waals surface area contributed by atoms with Gasteiger partial charge in [-0.25, -0.2) is 0 Å². The Kier molecular flexibility index (Phi) is 4.68. The zero-order valence-electron chi connectivity index (χ0n) is 9.94. The number of methoxy groups -OCH3 is 2. The Morgan fingerprint density at radius 3 is 2.00 bits per heavy atom. The van der Waals surface area contributed by atoms with Gasteiger partial charge in [0.25, 0.3) is 0 Å². The van der Waals surface area contributed by atoms with Crippen LogP contribution in [0.2, 0.25) is 0 Å². The van der Waals surface area contributed by atoms with Crippen LogP contribution in [0, 0.1) is 0 Å². The maximum absolute atomic E-state index is 10.9. The number of carbonyl (C=O) groups excluding carboxylic acids is 1. The van der Waals surface area contributed by atoms with Gasteiger partial charge in [-0.15, -0.1) is 11.8 Å². The van der Waals surface area contributed by atoms with Gasteiger partial charge < -0.3 is 9.47 Å². The summed E-state index contributed by atoms with van der Waals surface area (Å²) < 4.78 is 10.4. The molecule has 0 aliphatic rings. The molecule has 0 bridgehead atoms. The third-order valence-electron chi connectivity index (χ3n) is 2.01. The molecule has 0 heterocycles. The summed E-state index contributed by atoms with van der Waals surface area (Å²) in [7, 11) is 3.09. The number of hydrogen-bond donors (Lipinski definition) is 0. The molecule has 1 rings (SSSR count). The van der Waals surface area contributed by atoms with Crippen molar-refractivity contribution in [3.63, 3.8) is 0 Å². The van der Waals surface area contributed by atoms with Crippen molar-refractivity contribution < 1.29 is 14.3 Å². The number of aldehydes is 1. The Hall–Kier alpha value is -1.16. The van der Waals surface area contributed by atoms with Crippen molar-refractivity contribution in [1.29, 1.82) is 0 Å². The van der Waals surface area contributed by atoms with Crippen molar-refractivity contribution in [2.75, 3.05) is 14.2 Å². The standard InChI is InChI=1S/C12H16O3S/c1-8(2)16-9-5-11(14-3)10(7-13)12(6-9)15-4/h5-8H,1-4H3. The highest BCUT2D eigenvalue weighted by Gasteiger charge is 2.12. The summed E-state index contributed by atoms with van der Waals surface area (Å²) in [6.45, 7) is 4.22. The number of rotatable bonds is 5. The molecule has 0 aliphatic carbocycles. The third kappa shape index (κ3) is 2.92. The van der Waals surface area contributed by atoms with Crippen LogP contribution in [0.1, 0.15) is 24.2 Å². The summed E-state index contributed by atoms with van der Waals surface area (Å²) in [4.78, 5) is 12.0. The van der Waals surface area contributed by atoms with Crippen LogP contribution in [0.4, 0.5) is 0 Å². The molecule has 0 fully saturated rings. The van der Waals surface area contributed by atoms with Gasteiger partial charge in [0.15, 0.2) is 6.29 Å². The van der Waals surface area contributed by atoms with E-state index in [4.69, 9.17) is 9.47 Å². The van der Waals surface area contributed by atoms with E-state index in [-0.39, 0.29) is 0 Å². The fourth-order valence-electron chi connectivity index (χ4n) is 1.37. The van der Waals surface area contributed by atoms with E-state index in [1.807, 2.05) is 12.1 Å². The molecule has 3 nitrogen and oxygen atoms in total. The van der Waals surface area contributed by atoms with E-state index in [1.165, 1.54) is 0 Å². The van der Waals surface area contributed by atoms with Gasteiger partial charge in [-0.3, -0.25) is 4.79 Å². The van der Waals surface area contributed by atoms with Crippen molar-refractivity contribution in [2.24, 2.45) is 0 Å².